The topological polar surface area (TPSA) is 71.1 Å². The molecule has 3 aromatic rings. The van der Waals surface area contributed by atoms with Gasteiger partial charge in [-0.3, -0.25) is 9.88 Å². The van der Waals surface area contributed by atoms with E-state index in [1.165, 1.54) is 19.2 Å². The van der Waals surface area contributed by atoms with Crippen molar-refractivity contribution in [1.82, 2.24) is 19.9 Å². The van der Waals surface area contributed by atoms with E-state index in [0.29, 0.717) is 17.6 Å². The maximum atomic E-state index is 14.0. The van der Waals surface area contributed by atoms with Crippen LogP contribution in [0.1, 0.15) is 35.7 Å². The Kier molecular flexibility index (Phi) is 3.10. The first-order valence-electron chi connectivity index (χ1n) is 8.57. The van der Waals surface area contributed by atoms with Crippen molar-refractivity contribution in [3.63, 3.8) is 0 Å². The number of nitrogens with one attached hydrogen (secondary N) is 1. The Labute approximate surface area is 149 Å². The maximum absolute atomic E-state index is 14.0. The summed E-state index contributed by atoms with van der Waals surface area (Å²) in [7, 11) is 1.38. The number of fused-ring (bicyclic) bond motifs is 3. The van der Waals surface area contributed by atoms with Gasteiger partial charge in [0.25, 0.3) is 0 Å². The predicted molar refractivity (Wildman–Crippen MR) is 92.0 cm³/mol. The van der Waals surface area contributed by atoms with Gasteiger partial charge in [-0.1, -0.05) is 12.1 Å². The number of hydrogen-bond donors (Lipinski definition) is 1. The summed E-state index contributed by atoms with van der Waals surface area (Å²) in [5, 5.41) is 0. The lowest BCUT2D eigenvalue weighted by Gasteiger charge is -2.41. The highest BCUT2D eigenvalue weighted by molar-refractivity contribution is 5.80. The van der Waals surface area contributed by atoms with E-state index in [4.69, 9.17) is 4.74 Å². The molecule has 3 heterocycles. The highest BCUT2D eigenvalue weighted by atomic mass is 19.1. The van der Waals surface area contributed by atoms with Gasteiger partial charge in [0.2, 0.25) is 0 Å². The Morgan fingerprint density at radius 2 is 2.15 bits per heavy atom. The average Bonchev–Trinajstić information content (AvgIpc) is 3.32. The quantitative estimate of drug-likeness (QED) is 0.729. The second kappa shape index (κ2) is 5.27. The number of nitrogens with zero attached hydrogens (tertiary/aromatic N) is 3. The molecule has 1 amide bonds. The molecule has 1 unspecified atom stereocenters. The molecule has 0 saturated heterocycles. The number of benzene rings is 1. The highest BCUT2D eigenvalue weighted by Crippen LogP contribution is 2.55. The van der Waals surface area contributed by atoms with E-state index in [9.17, 15) is 9.18 Å². The van der Waals surface area contributed by atoms with Crippen LogP contribution in [0.3, 0.4) is 0 Å². The molecule has 1 aliphatic heterocycles. The molecule has 1 aromatic carbocycles. The number of methoxy groups -OCH3 is 1. The van der Waals surface area contributed by atoms with Crippen LogP contribution in [0.25, 0.3) is 11.2 Å². The molecule has 7 heteroatoms. The number of ether oxygens (including phenoxy) is 1. The summed E-state index contributed by atoms with van der Waals surface area (Å²) in [6.07, 6.45) is 5.37. The summed E-state index contributed by atoms with van der Waals surface area (Å²) < 4.78 is 19.0. The van der Waals surface area contributed by atoms with Gasteiger partial charge in [0, 0.05) is 23.7 Å². The lowest BCUT2D eigenvalue weighted by Crippen LogP contribution is -2.49. The number of halogens is 1. The Balaban J connectivity index is 1.78. The summed E-state index contributed by atoms with van der Waals surface area (Å²) in [6.45, 7) is 0. The van der Waals surface area contributed by atoms with Gasteiger partial charge >= 0.3 is 6.09 Å². The molecule has 2 aromatic heterocycles. The van der Waals surface area contributed by atoms with E-state index in [1.807, 2.05) is 6.07 Å². The summed E-state index contributed by atoms with van der Waals surface area (Å²) in [4.78, 5) is 26.6. The van der Waals surface area contributed by atoms with Crippen LogP contribution in [0.15, 0.2) is 36.7 Å². The summed E-state index contributed by atoms with van der Waals surface area (Å²) in [5.74, 6) is -0.336. The molecule has 1 atom stereocenters. The van der Waals surface area contributed by atoms with E-state index >= 15 is 0 Å². The van der Waals surface area contributed by atoms with Crippen molar-refractivity contribution in [3.8, 4) is 0 Å². The zero-order valence-corrected chi connectivity index (χ0v) is 14.2. The van der Waals surface area contributed by atoms with Crippen LogP contribution in [0.2, 0.25) is 0 Å². The molecule has 1 fully saturated rings. The number of H-pyrrole nitrogens is 1. The van der Waals surface area contributed by atoms with E-state index in [0.717, 1.165) is 29.6 Å². The summed E-state index contributed by atoms with van der Waals surface area (Å²) in [6, 6.07) is 5.91. The van der Waals surface area contributed by atoms with Crippen molar-refractivity contribution in [2.45, 2.75) is 30.8 Å². The molecule has 1 aliphatic carbocycles. The first-order chi connectivity index (χ1) is 12.6. The SMILES string of the molecule is COC(=O)N1C(c2cccc(F)c2)c2[nH]c3nccnc3c2CC12CC2. The largest absolute Gasteiger partial charge is 0.453 e. The molecule has 0 bridgehead atoms. The van der Waals surface area contributed by atoms with E-state index in [2.05, 4.69) is 15.0 Å². The number of carbonyl (C=O) groups is 1. The van der Waals surface area contributed by atoms with E-state index in [-0.39, 0.29) is 11.4 Å². The molecular weight excluding hydrogens is 335 g/mol. The minimum absolute atomic E-state index is 0.302. The van der Waals surface area contributed by atoms with Crippen molar-refractivity contribution >= 4 is 17.3 Å². The first-order valence-corrected chi connectivity index (χ1v) is 8.57. The molecule has 1 spiro atoms. The number of carbonyl (C=O) groups excluding carboxylic acids is 1. The van der Waals surface area contributed by atoms with Crippen LogP contribution in [0.5, 0.6) is 0 Å². The first kappa shape index (κ1) is 15.3. The maximum Gasteiger partial charge on any atom is 0.410 e. The van der Waals surface area contributed by atoms with E-state index in [1.54, 1.807) is 23.4 Å². The number of aromatic amines is 1. The molecule has 0 radical (unpaired) electrons. The number of rotatable bonds is 1. The molecule has 1 N–H and O–H groups in total. The fourth-order valence-corrected chi connectivity index (χ4v) is 4.16. The van der Waals surface area contributed by atoms with Gasteiger partial charge in [0.1, 0.15) is 17.4 Å². The van der Waals surface area contributed by atoms with Gasteiger partial charge in [-0.25, -0.2) is 14.2 Å². The lowest BCUT2D eigenvalue weighted by molar-refractivity contribution is 0.0751. The van der Waals surface area contributed by atoms with E-state index < -0.39 is 12.1 Å². The summed E-state index contributed by atoms with van der Waals surface area (Å²) in [5.41, 5.74) is 3.79. The second-order valence-corrected chi connectivity index (χ2v) is 6.97. The zero-order valence-electron chi connectivity index (χ0n) is 14.2. The third-order valence-corrected chi connectivity index (χ3v) is 5.47. The standard InChI is InChI=1S/C19H17FN4O2/c1-26-18(25)24-16(11-3-2-4-12(20)9-11)14-13(10-19(24)5-6-19)15-17(23-14)22-8-7-21-15/h2-4,7-9,16H,5-6,10H2,1H3,(H,22,23). The number of hydrogen-bond acceptors (Lipinski definition) is 4. The highest BCUT2D eigenvalue weighted by Gasteiger charge is 2.57. The number of aromatic nitrogens is 3. The van der Waals surface area contributed by atoms with Crippen LogP contribution in [0.4, 0.5) is 9.18 Å². The Morgan fingerprint density at radius 3 is 2.88 bits per heavy atom. The van der Waals surface area contributed by atoms with Gasteiger partial charge in [-0.15, -0.1) is 0 Å². The monoisotopic (exact) mass is 352 g/mol. The molecule has 26 heavy (non-hydrogen) atoms. The average molecular weight is 352 g/mol. The van der Waals surface area contributed by atoms with Crippen LogP contribution in [-0.4, -0.2) is 38.6 Å². The number of amides is 1. The smallest absolute Gasteiger partial charge is 0.410 e. The van der Waals surface area contributed by atoms with Crippen molar-refractivity contribution in [2.75, 3.05) is 7.11 Å². The van der Waals surface area contributed by atoms with Crippen LogP contribution >= 0.6 is 0 Å². The molecule has 132 valence electrons. The minimum atomic E-state index is -0.458. The Bertz CT molecular complexity index is 1030. The van der Waals surface area contributed by atoms with Gasteiger partial charge in [0.15, 0.2) is 5.65 Å². The molecule has 2 aliphatic rings. The Morgan fingerprint density at radius 1 is 1.35 bits per heavy atom. The molecule has 1 saturated carbocycles. The van der Waals surface area contributed by atoms with Crippen LogP contribution < -0.4 is 0 Å². The zero-order chi connectivity index (χ0) is 17.9. The predicted octanol–water partition coefficient (Wildman–Crippen LogP) is 3.34. The van der Waals surface area contributed by atoms with Gasteiger partial charge in [0.05, 0.1) is 12.6 Å². The fourth-order valence-electron chi connectivity index (χ4n) is 4.16. The van der Waals surface area contributed by atoms with Gasteiger partial charge < -0.3 is 9.72 Å². The molecule has 5 rings (SSSR count). The summed E-state index contributed by atoms with van der Waals surface area (Å²) >= 11 is 0. The van der Waals surface area contributed by atoms with Crippen molar-refractivity contribution in [3.05, 3.63) is 59.3 Å². The van der Waals surface area contributed by atoms with Gasteiger partial charge in [-0.05, 0) is 37.0 Å². The van der Waals surface area contributed by atoms with Crippen LogP contribution in [0, 0.1) is 5.82 Å². The fraction of sp³-hybridized carbons (Fsp3) is 0.316. The second-order valence-electron chi connectivity index (χ2n) is 6.97. The van der Waals surface area contributed by atoms with Crippen molar-refractivity contribution in [1.29, 1.82) is 0 Å². The lowest BCUT2D eigenvalue weighted by atomic mass is 9.88. The van der Waals surface area contributed by atoms with Crippen LogP contribution in [-0.2, 0) is 11.2 Å². The molecular formula is C19H17FN4O2. The van der Waals surface area contributed by atoms with Crippen molar-refractivity contribution < 1.29 is 13.9 Å². The normalized spacial score (nSPS) is 20.2. The third kappa shape index (κ3) is 2.06. The Hall–Kier alpha value is -2.96. The molecule has 6 nitrogen and oxygen atoms in total. The third-order valence-electron chi connectivity index (χ3n) is 5.47. The van der Waals surface area contributed by atoms with Crippen molar-refractivity contribution in [2.24, 2.45) is 0 Å². The van der Waals surface area contributed by atoms with Gasteiger partial charge in [-0.2, -0.15) is 0 Å². The minimum Gasteiger partial charge on any atom is -0.453 e.